The minimum atomic E-state index is -1.07. The maximum atomic E-state index is 12.0. The molecule has 0 aliphatic heterocycles. The van der Waals surface area contributed by atoms with Crippen LogP contribution in [0.5, 0.6) is 5.75 Å². The number of nitrogens with zero attached hydrogens (tertiary/aromatic N) is 1. The van der Waals surface area contributed by atoms with E-state index in [1.54, 1.807) is 24.3 Å². The van der Waals surface area contributed by atoms with E-state index in [4.69, 9.17) is 4.74 Å². The monoisotopic (exact) mass is 356 g/mol. The number of nitro benzene ring substituents is 1. The Morgan fingerprint density at radius 3 is 2.42 bits per heavy atom. The van der Waals surface area contributed by atoms with Crippen LogP contribution in [-0.2, 0) is 9.59 Å². The van der Waals surface area contributed by atoms with Crippen LogP contribution in [0.2, 0.25) is 0 Å². The van der Waals surface area contributed by atoms with E-state index in [0.29, 0.717) is 5.56 Å². The Morgan fingerprint density at radius 1 is 1.19 bits per heavy atom. The number of methoxy groups -OCH3 is 1. The molecule has 0 aliphatic carbocycles. The molecular weight excluding hydrogens is 340 g/mol. The van der Waals surface area contributed by atoms with E-state index in [1.165, 1.54) is 19.2 Å². The molecule has 0 fully saturated rings. The van der Waals surface area contributed by atoms with Crippen molar-refractivity contribution in [2.24, 2.45) is 0 Å². The van der Waals surface area contributed by atoms with Crippen molar-refractivity contribution in [1.82, 2.24) is 0 Å². The molecule has 134 valence electrons. The molecule has 0 saturated heterocycles. The van der Waals surface area contributed by atoms with Gasteiger partial charge >= 0.3 is 0 Å². The van der Waals surface area contributed by atoms with Crippen molar-refractivity contribution in [2.45, 2.75) is 6.92 Å². The zero-order valence-corrected chi connectivity index (χ0v) is 14.1. The highest BCUT2D eigenvalue weighted by atomic mass is 16.6. The number of aliphatic hydroxyl groups is 1. The number of hydrogen-bond acceptors (Lipinski definition) is 6. The average molecular weight is 356 g/mol. The molecule has 0 atom stereocenters. The summed E-state index contributed by atoms with van der Waals surface area (Å²) in [7, 11) is 1.32. The number of carbonyl (C=O) groups excluding carboxylic acids is 2. The number of anilines is 1. The second kappa shape index (κ2) is 7.93. The van der Waals surface area contributed by atoms with Gasteiger partial charge in [-0.2, -0.15) is 0 Å². The highest BCUT2D eigenvalue weighted by molar-refractivity contribution is 6.45. The molecule has 0 heterocycles. The zero-order chi connectivity index (χ0) is 19.3. The van der Waals surface area contributed by atoms with Gasteiger partial charge in [-0.05, 0) is 13.0 Å². The first-order valence-electron chi connectivity index (χ1n) is 7.47. The van der Waals surface area contributed by atoms with E-state index >= 15 is 0 Å². The summed E-state index contributed by atoms with van der Waals surface area (Å²) in [5, 5.41) is 23.1. The molecule has 8 nitrogen and oxygen atoms in total. The molecule has 2 N–H and O–H groups in total. The quantitative estimate of drug-likeness (QED) is 0.270. The van der Waals surface area contributed by atoms with E-state index in [0.717, 1.165) is 17.7 Å². The number of ketones is 1. The van der Waals surface area contributed by atoms with Crippen LogP contribution in [0.3, 0.4) is 0 Å². The lowest BCUT2D eigenvalue weighted by Crippen LogP contribution is -2.21. The van der Waals surface area contributed by atoms with Crippen LogP contribution in [-0.4, -0.2) is 28.8 Å². The number of nitro groups is 1. The maximum absolute atomic E-state index is 12.0. The standard InChI is InChI=1S/C18H16N2O6/c1-11-3-5-12(6-4-11)15(21)10-16(22)18(23)19-14-9-13(20(24)25)7-8-17(14)26-2/h3-10,21H,1-2H3,(H,19,23). The molecule has 2 aromatic rings. The third-order valence-electron chi connectivity index (χ3n) is 3.48. The normalized spacial score (nSPS) is 10.9. The lowest BCUT2D eigenvalue weighted by atomic mass is 10.1. The number of non-ortho nitro benzene ring substituents is 1. The van der Waals surface area contributed by atoms with Gasteiger partial charge in [0.05, 0.1) is 17.7 Å². The molecule has 0 saturated carbocycles. The molecule has 0 spiro atoms. The largest absolute Gasteiger partial charge is 0.507 e. The van der Waals surface area contributed by atoms with Gasteiger partial charge in [-0.15, -0.1) is 0 Å². The van der Waals surface area contributed by atoms with E-state index < -0.39 is 16.6 Å². The van der Waals surface area contributed by atoms with Gasteiger partial charge in [-0.1, -0.05) is 29.8 Å². The number of benzene rings is 2. The summed E-state index contributed by atoms with van der Waals surface area (Å²) in [5.41, 5.74) is 1.06. The molecule has 2 rings (SSSR count). The van der Waals surface area contributed by atoms with Crippen LogP contribution in [0.4, 0.5) is 11.4 Å². The second-order valence-electron chi connectivity index (χ2n) is 5.36. The van der Waals surface area contributed by atoms with Crippen molar-refractivity contribution in [2.75, 3.05) is 12.4 Å². The highest BCUT2D eigenvalue weighted by Crippen LogP contribution is 2.28. The first-order chi connectivity index (χ1) is 12.3. The Labute approximate surface area is 148 Å². The van der Waals surface area contributed by atoms with E-state index in [2.05, 4.69) is 5.32 Å². The Hall–Kier alpha value is -3.68. The number of ether oxygens (including phenoxy) is 1. The van der Waals surface area contributed by atoms with Gasteiger partial charge in [0, 0.05) is 23.8 Å². The number of nitrogens with one attached hydrogen (secondary N) is 1. The second-order valence-corrected chi connectivity index (χ2v) is 5.36. The van der Waals surface area contributed by atoms with E-state index in [-0.39, 0.29) is 22.9 Å². The first-order valence-corrected chi connectivity index (χ1v) is 7.47. The Bertz CT molecular complexity index is 887. The molecule has 8 heteroatoms. The fraction of sp³-hybridized carbons (Fsp3) is 0.111. The molecular formula is C18H16N2O6. The molecule has 0 bridgehead atoms. The molecule has 0 radical (unpaired) electrons. The van der Waals surface area contributed by atoms with Crippen molar-refractivity contribution in [3.63, 3.8) is 0 Å². The predicted octanol–water partition coefficient (Wildman–Crippen LogP) is 3.02. The molecule has 2 aromatic carbocycles. The van der Waals surface area contributed by atoms with Gasteiger partial charge in [0.1, 0.15) is 11.5 Å². The molecule has 0 aliphatic rings. The summed E-state index contributed by atoms with van der Waals surface area (Å²) >= 11 is 0. The van der Waals surface area contributed by atoms with Gasteiger partial charge in [-0.25, -0.2) is 0 Å². The third-order valence-corrected chi connectivity index (χ3v) is 3.48. The SMILES string of the molecule is COc1ccc([N+](=O)[O-])cc1NC(=O)C(=O)C=C(O)c1ccc(C)cc1. The number of rotatable bonds is 6. The van der Waals surface area contributed by atoms with Crippen LogP contribution in [0, 0.1) is 17.0 Å². The number of hydrogen-bond donors (Lipinski definition) is 2. The van der Waals surface area contributed by atoms with Gasteiger partial charge in [-0.3, -0.25) is 19.7 Å². The number of aryl methyl sites for hydroxylation is 1. The number of amides is 1. The van der Waals surface area contributed by atoms with Crippen LogP contribution in [0.1, 0.15) is 11.1 Å². The van der Waals surface area contributed by atoms with Crippen LogP contribution in [0.15, 0.2) is 48.5 Å². The minimum Gasteiger partial charge on any atom is -0.507 e. The summed E-state index contributed by atoms with van der Waals surface area (Å²) in [4.78, 5) is 34.2. The molecule has 0 unspecified atom stereocenters. The molecule has 1 amide bonds. The van der Waals surface area contributed by atoms with Crippen molar-refractivity contribution in [3.05, 3.63) is 69.8 Å². The van der Waals surface area contributed by atoms with Crippen LogP contribution >= 0.6 is 0 Å². The van der Waals surface area contributed by atoms with E-state index in [9.17, 15) is 24.8 Å². The predicted molar refractivity (Wildman–Crippen MR) is 95.1 cm³/mol. The summed E-state index contributed by atoms with van der Waals surface area (Å²) in [6.07, 6.45) is 0.782. The summed E-state index contributed by atoms with van der Waals surface area (Å²) in [5.74, 6) is -2.29. The average Bonchev–Trinajstić information content (AvgIpc) is 2.61. The topological polar surface area (TPSA) is 119 Å². The van der Waals surface area contributed by atoms with Crippen LogP contribution in [0.25, 0.3) is 5.76 Å². The third kappa shape index (κ3) is 4.44. The fourth-order valence-corrected chi connectivity index (χ4v) is 2.09. The van der Waals surface area contributed by atoms with Crippen molar-refractivity contribution < 1.29 is 24.4 Å². The van der Waals surface area contributed by atoms with Gasteiger partial charge in [0.25, 0.3) is 11.6 Å². The smallest absolute Gasteiger partial charge is 0.296 e. The fourth-order valence-electron chi connectivity index (χ4n) is 2.09. The van der Waals surface area contributed by atoms with Crippen molar-refractivity contribution >= 4 is 28.8 Å². The Morgan fingerprint density at radius 2 is 1.85 bits per heavy atom. The van der Waals surface area contributed by atoms with Crippen LogP contribution < -0.4 is 10.1 Å². The number of carbonyl (C=O) groups is 2. The lowest BCUT2D eigenvalue weighted by Gasteiger charge is -2.09. The minimum absolute atomic E-state index is 0.0247. The Kier molecular flexibility index (Phi) is 5.69. The molecule has 26 heavy (non-hydrogen) atoms. The highest BCUT2D eigenvalue weighted by Gasteiger charge is 2.18. The molecule has 0 aromatic heterocycles. The Balaban J connectivity index is 2.20. The first kappa shape index (κ1) is 18.7. The van der Waals surface area contributed by atoms with Crippen molar-refractivity contribution in [1.29, 1.82) is 0 Å². The lowest BCUT2D eigenvalue weighted by molar-refractivity contribution is -0.384. The summed E-state index contributed by atoms with van der Waals surface area (Å²) < 4.78 is 5.01. The van der Waals surface area contributed by atoms with Crippen molar-refractivity contribution in [3.8, 4) is 5.75 Å². The summed E-state index contributed by atoms with van der Waals surface area (Å²) in [6.45, 7) is 1.87. The number of aliphatic hydroxyl groups excluding tert-OH is 1. The van der Waals surface area contributed by atoms with Gasteiger partial charge < -0.3 is 15.2 Å². The zero-order valence-electron chi connectivity index (χ0n) is 14.1. The van der Waals surface area contributed by atoms with Gasteiger partial charge in [0.2, 0.25) is 5.78 Å². The van der Waals surface area contributed by atoms with E-state index in [1.807, 2.05) is 6.92 Å². The van der Waals surface area contributed by atoms with Gasteiger partial charge in [0.15, 0.2) is 0 Å². The summed E-state index contributed by atoms with van der Waals surface area (Å²) in [6, 6.07) is 10.3. The maximum Gasteiger partial charge on any atom is 0.296 e.